The second-order valence-corrected chi connectivity index (χ2v) is 7.27. The molecule has 0 radical (unpaired) electrons. The van der Waals surface area contributed by atoms with Crippen LogP contribution >= 0.6 is 15.9 Å². The number of halogens is 1. The number of hydrogen-bond acceptors (Lipinski definition) is 4. The Hall–Kier alpha value is -3.20. The summed E-state index contributed by atoms with van der Waals surface area (Å²) in [7, 11) is 0. The van der Waals surface area contributed by atoms with E-state index in [1.54, 1.807) is 49.4 Å². The molecule has 0 aromatic heterocycles. The molecule has 29 heavy (non-hydrogen) atoms. The summed E-state index contributed by atoms with van der Waals surface area (Å²) in [5, 5.41) is 9.14. The molecule has 2 amide bonds. The van der Waals surface area contributed by atoms with Crippen molar-refractivity contribution in [3.63, 3.8) is 0 Å². The van der Waals surface area contributed by atoms with Crippen LogP contribution in [0.2, 0.25) is 0 Å². The number of carboxylic acids is 1. The summed E-state index contributed by atoms with van der Waals surface area (Å²) in [6.07, 6.45) is -0.299. The van der Waals surface area contributed by atoms with Crippen LogP contribution in [0, 0.1) is 0 Å². The third-order valence-corrected chi connectivity index (χ3v) is 4.45. The van der Waals surface area contributed by atoms with Crippen LogP contribution in [0.1, 0.15) is 41.6 Å². The van der Waals surface area contributed by atoms with Crippen molar-refractivity contribution in [2.45, 2.75) is 25.7 Å². The van der Waals surface area contributed by atoms with Gasteiger partial charge in [0, 0.05) is 22.4 Å². The number of amidine groups is 1. The molecule has 8 nitrogen and oxygen atoms in total. The van der Waals surface area contributed by atoms with Gasteiger partial charge in [-0.2, -0.15) is 0 Å². The van der Waals surface area contributed by atoms with Gasteiger partial charge < -0.3 is 10.8 Å². The van der Waals surface area contributed by atoms with Gasteiger partial charge in [-0.3, -0.25) is 25.2 Å². The third kappa shape index (κ3) is 7.38. The minimum atomic E-state index is -1.01. The van der Waals surface area contributed by atoms with Crippen molar-refractivity contribution in [2.24, 2.45) is 10.7 Å². The smallest absolute Gasteiger partial charge is 0.303 e. The molecule has 1 unspecified atom stereocenters. The molecule has 0 aliphatic rings. The number of hydrogen-bond donors (Lipinski definition) is 4. The first-order valence-corrected chi connectivity index (χ1v) is 9.51. The Kier molecular flexibility index (Phi) is 7.90. The number of carbonyl (C=O) groups excluding carboxylic acids is 2. The van der Waals surface area contributed by atoms with Crippen LogP contribution in [0.4, 0.5) is 5.69 Å². The summed E-state index contributed by atoms with van der Waals surface area (Å²) in [5.74, 6) is -2.21. The van der Waals surface area contributed by atoms with Gasteiger partial charge in [0.2, 0.25) is 5.91 Å². The minimum Gasteiger partial charge on any atom is -0.481 e. The van der Waals surface area contributed by atoms with E-state index in [1.807, 2.05) is 0 Å². The van der Waals surface area contributed by atoms with Crippen LogP contribution in [0.5, 0.6) is 0 Å². The maximum atomic E-state index is 12.3. The number of nitrogens with one attached hydrogen (secondary N) is 2. The molecule has 2 aromatic rings. The Labute approximate surface area is 176 Å². The quantitative estimate of drug-likeness (QED) is 0.286. The van der Waals surface area contributed by atoms with Crippen LogP contribution < -0.4 is 16.6 Å². The Morgan fingerprint density at radius 2 is 1.79 bits per heavy atom. The van der Waals surface area contributed by atoms with Crippen molar-refractivity contribution in [1.29, 1.82) is 0 Å². The average Bonchev–Trinajstić information content (AvgIpc) is 2.65. The monoisotopic (exact) mass is 460 g/mol. The molecule has 0 saturated heterocycles. The van der Waals surface area contributed by atoms with Gasteiger partial charge in [0.05, 0.1) is 17.9 Å². The Bertz CT molecular complexity index is 924. The van der Waals surface area contributed by atoms with Crippen molar-refractivity contribution in [2.75, 3.05) is 0 Å². The molecule has 2 aromatic carbocycles. The molecule has 0 saturated carbocycles. The molecule has 0 bridgehead atoms. The van der Waals surface area contributed by atoms with Crippen LogP contribution in [-0.2, 0) is 9.59 Å². The van der Waals surface area contributed by atoms with E-state index in [1.165, 1.54) is 6.07 Å². The Morgan fingerprint density at radius 1 is 1.10 bits per heavy atom. The van der Waals surface area contributed by atoms with Gasteiger partial charge >= 0.3 is 5.97 Å². The lowest BCUT2D eigenvalue weighted by molar-refractivity contribution is -0.137. The van der Waals surface area contributed by atoms with E-state index in [2.05, 4.69) is 31.8 Å². The van der Waals surface area contributed by atoms with E-state index in [4.69, 9.17) is 10.8 Å². The van der Waals surface area contributed by atoms with Gasteiger partial charge in [0.15, 0.2) is 0 Å². The number of amides is 2. The second kappa shape index (κ2) is 10.4. The zero-order chi connectivity index (χ0) is 21.4. The summed E-state index contributed by atoms with van der Waals surface area (Å²) in [5.41, 5.74) is 11.7. The fourth-order valence-corrected chi connectivity index (χ4v) is 2.91. The molecule has 0 heterocycles. The summed E-state index contributed by atoms with van der Waals surface area (Å²) < 4.78 is 0.850. The van der Waals surface area contributed by atoms with Gasteiger partial charge in [-0.1, -0.05) is 34.1 Å². The first-order chi connectivity index (χ1) is 13.7. The van der Waals surface area contributed by atoms with Crippen LogP contribution in [0.3, 0.4) is 0 Å². The minimum absolute atomic E-state index is 0.0923. The first kappa shape index (κ1) is 22.1. The van der Waals surface area contributed by atoms with E-state index in [-0.39, 0.29) is 12.8 Å². The molecule has 152 valence electrons. The Balaban J connectivity index is 1.99. The Morgan fingerprint density at radius 3 is 2.41 bits per heavy atom. The lowest BCUT2D eigenvalue weighted by Crippen LogP contribution is -2.42. The standard InChI is InChI=1S/C20H21BrN4O4/c1-12(22)23-17-4-2-3-14(9-17)20(29)25-24-18(26)10-15(11-19(27)28)13-5-7-16(21)8-6-13/h2-9,15H,10-11H2,1H3,(H2,22,23)(H,24,26)(H,25,29)(H,27,28). The molecule has 2 rings (SSSR count). The highest BCUT2D eigenvalue weighted by molar-refractivity contribution is 9.10. The predicted molar refractivity (Wildman–Crippen MR) is 113 cm³/mol. The molecule has 5 N–H and O–H groups in total. The highest BCUT2D eigenvalue weighted by Crippen LogP contribution is 2.25. The lowest BCUT2D eigenvalue weighted by Gasteiger charge is -2.16. The molecule has 0 spiro atoms. The maximum Gasteiger partial charge on any atom is 0.303 e. The summed E-state index contributed by atoms with van der Waals surface area (Å²) >= 11 is 3.32. The maximum absolute atomic E-state index is 12.3. The van der Waals surface area contributed by atoms with E-state index in [0.717, 1.165) is 10.0 Å². The number of aliphatic imine (C=N–C) groups is 1. The number of nitrogens with two attached hydrogens (primary N) is 1. The summed E-state index contributed by atoms with van der Waals surface area (Å²) in [6.45, 7) is 1.63. The molecular formula is C20H21BrN4O4. The average molecular weight is 461 g/mol. The molecule has 0 fully saturated rings. The summed E-state index contributed by atoms with van der Waals surface area (Å²) in [4.78, 5) is 39.7. The van der Waals surface area contributed by atoms with Crippen LogP contribution in [0.15, 0.2) is 58.0 Å². The fraction of sp³-hybridized carbons (Fsp3) is 0.200. The number of aliphatic carboxylic acids is 1. The highest BCUT2D eigenvalue weighted by atomic mass is 79.9. The normalized spacial score (nSPS) is 12.1. The van der Waals surface area contributed by atoms with E-state index in [9.17, 15) is 14.4 Å². The van der Waals surface area contributed by atoms with Crippen molar-refractivity contribution in [1.82, 2.24) is 10.9 Å². The van der Waals surface area contributed by atoms with Crippen molar-refractivity contribution in [3.05, 3.63) is 64.1 Å². The van der Waals surface area contributed by atoms with Gasteiger partial charge in [0.25, 0.3) is 5.91 Å². The number of nitrogens with zero attached hydrogens (tertiary/aromatic N) is 1. The van der Waals surface area contributed by atoms with E-state index < -0.39 is 23.7 Å². The molecule has 0 aliphatic carbocycles. The van der Waals surface area contributed by atoms with Gasteiger partial charge in [-0.05, 0) is 42.8 Å². The van der Waals surface area contributed by atoms with E-state index in [0.29, 0.717) is 17.1 Å². The SMILES string of the molecule is CC(N)=Nc1cccc(C(=O)NNC(=O)CC(CC(=O)O)c2ccc(Br)cc2)c1. The highest BCUT2D eigenvalue weighted by Gasteiger charge is 2.20. The van der Waals surface area contributed by atoms with Crippen LogP contribution in [0.25, 0.3) is 0 Å². The molecule has 9 heteroatoms. The zero-order valence-corrected chi connectivity index (χ0v) is 17.3. The van der Waals surface area contributed by atoms with Gasteiger partial charge in [-0.15, -0.1) is 0 Å². The van der Waals surface area contributed by atoms with Gasteiger partial charge in [-0.25, -0.2) is 4.99 Å². The fourth-order valence-electron chi connectivity index (χ4n) is 2.65. The predicted octanol–water partition coefficient (Wildman–Crippen LogP) is 2.87. The van der Waals surface area contributed by atoms with Crippen molar-refractivity contribution < 1.29 is 19.5 Å². The number of benzene rings is 2. The molecule has 1 atom stereocenters. The number of carbonyl (C=O) groups is 3. The van der Waals surface area contributed by atoms with Crippen LogP contribution in [-0.4, -0.2) is 28.7 Å². The third-order valence-electron chi connectivity index (χ3n) is 3.92. The summed E-state index contributed by atoms with van der Waals surface area (Å²) in [6, 6.07) is 13.5. The van der Waals surface area contributed by atoms with Crippen molar-refractivity contribution >= 4 is 45.2 Å². The molecular weight excluding hydrogens is 440 g/mol. The largest absolute Gasteiger partial charge is 0.481 e. The number of rotatable bonds is 7. The topological polar surface area (TPSA) is 134 Å². The number of hydrazine groups is 1. The van der Waals surface area contributed by atoms with Gasteiger partial charge in [0.1, 0.15) is 0 Å². The second-order valence-electron chi connectivity index (χ2n) is 6.36. The molecule has 0 aliphatic heterocycles. The van der Waals surface area contributed by atoms with Crippen molar-refractivity contribution in [3.8, 4) is 0 Å². The first-order valence-electron chi connectivity index (χ1n) is 8.72. The van der Waals surface area contributed by atoms with E-state index >= 15 is 0 Å². The zero-order valence-electron chi connectivity index (χ0n) is 15.7. The number of carboxylic acid groups (broad SMARTS) is 1. The lowest BCUT2D eigenvalue weighted by atomic mass is 9.92.